The molecule has 2 unspecified atom stereocenters. The average Bonchev–Trinajstić information content (AvgIpc) is 3.30. The van der Waals surface area contributed by atoms with E-state index in [-0.39, 0.29) is 23.6 Å². The van der Waals surface area contributed by atoms with E-state index < -0.39 is 9.84 Å². The minimum atomic E-state index is -2.96. The largest absolute Gasteiger partial charge is 0.306 e. The van der Waals surface area contributed by atoms with Gasteiger partial charge in [0.25, 0.3) is 0 Å². The van der Waals surface area contributed by atoms with Crippen LogP contribution in [0.4, 0.5) is 0 Å². The molecule has 1 saturated heterocycles. The van der Waals surface area contributed by atoms with Gasteiger partial charge < -0.3 is 5.32 Å². The second-order valence-corrected chi connectivity index (χ2v) is 11.4. The van der Waals surface area contributed by atoms with E-state index in [2.05, 4.69) is 46.6 Å². The Balaban J connectivity index is 1.31. The van der Waals surface area contributed by atoms with Crippen LogP contribution in [0.3, 0.4) is 0 Å². The second kappa shape index (κ2) is 8.02. The Bertz CT molecular complexity index is 1230. The van der Waals surface area contributed by atoms with Gasteiger partial charge in [-0.05, 0) is 74.3 Å². The molecule has 3 heterocycles. The highest BCUT2D eigenvalue weighted by molar-refractivity contribution is 7.91. The van der Waals surface area contributed by atoms with Crippen molar-refractivity contribution in [3.63, 3.8) is 0 Å². The molecule has 2 aliphatic rings. The van der Waals surface area contributed by atoms with Gasteiger partial charge in [0, 0.05) is 24.2 Å². The number of benzene rings is 1. The smallest absolute Gasteiger partial charge is 0.158 e. The summed E-state index contributed by atoms with van der Waals surface area (Å²) in [5.74, 6) is 0.396. The number of aromatic nitrogens is 3. The minimum absolute atomic E-state index is 0.110. The highest BCUT2D eigenvalue weighted by atomic mass is 32.2. The Morgan fingerprint density at radius 3 is 2.77 bits per heavy atom. The number of aryl methyl sites for hydroxylation is 3. The molecule has 1 aliphatic carbocycles. The zero-order valence-corrected chi connectivity index (χ0v) is 19.1. The summed E-state index contributed by atoms with van der Waals surface area (Å²) < 4.78 is 25.6. The van der Waals surface area contributed by atoms with E-state index >= 15 is 0 Å². The molecule has 3 aromatic rings. The number of fused-ring (bicyclic) bond motifs is 2. The van der Waals surface area contributed by atoms with Gasteiger partial charge >= 0.3 is 0 Å². The van der Waals surface area contributed by atoms with Gasteiger partial charge in [-0.15, -0.1) is 0 Å². The summed E-state index contributed by atoms with van der Waals surface area (Å²) in [5.41, 5.74) is 7.15. The van der Waals surface area contributed by atoms with E-state index in [0.29, 0.717) is 6.42 Å². The molecule has 0 radical (unpaired) electrons. The summed E-state index contributed by atoms with van der Waals surface area (Å²) in [6, 6.07) is 9.22. The summed E-state index contributed by atoms with van der Waals surface area (Å²) >= 11 is 0. The maximum atomic E-state index is 11.9. The first-order valence-corrected chi connectivity index (χ1v) is 13.1. The highest BCUT2D eigenvalue weighted by Crippen LogP contribution is 2.28. The minimum Gasteiger partial charge on any atom is -0.306 e. The zero-order valence-electron chi connectivity index (χ0n) is 18.3. The summed E-state index contributed by atoms with van der Waals surface area (Å²) in [7, 11) is -2.96. The SMILES string of the molecule is Cc1nn(C2CCS(=O)(=O)C2)c2ncc(CNC(C)c3ccc4c(c3)CCCC4)cc12. The van der Waals surface area contributed by atoms with Crippen molar-refractivity contribution in [3.8, 4) is 0 Å². The molecule has 2 atom stereocenters. The predicted molar refractivity (Wildman–Crippen MR) is 123 cm³/mol. The molecule has 164 valence electrons. The van der Waals surface area contributed by atoms with Crippen LogP contribution < -0.4 is 5.32 Å². The van der Waals surface area contributed by atoms with E-state index in [9.17, 15) is 8.42 Å². The van der Waals surface area contributed by atoms with Crippen LogP contribution in [0.1, 0.15) is 66.2 Å². The van der Waals surface area contributed by atoms with Crippen LogP contribution in [0, 0.1) is 6.92 Å². The van der Waals surface area contributed by atoms with Crippen molar-refractivity contribution in [1.82, 2.24) is 20.1 Å². The Hall–Kier alpha value is -2.25. The zero-order chi connectivity index (χ0) is 21.6. The molecule has 6 nitrogen and oxygen atoms in total. The average molecular weight is 439 g/mol. The molecule has 7 heteroatoms. The molecule has 2 aromatic heterocycles. The summed E-state index contributed by atoms with van der Waals surface area (Å²) in [4.78, 5) is 4.67. The molecular formula is C24H30N4O2S. The molecule has 1 fully saturated rings. The van der Waals surface area contributed by atoms with Crippen LogP contribution in [-0.2, 0) is 29.2 Å². The monoisotopic (exact) mass is 438 g/mol. The van der Waals surface area contributed by atoms with E-state index in [0.717, 1.165) is 28.8 Å². The van der Waals surface area contributed by atoms with Crippen molar-refractivity contribution >= 4 is 20.9 Å². The molecule has 5 rings (SSSR count). The lowest BCUT2D eigenvalue weighted by atomic mass is 9.89. The first-order chi connectivity index (χ1) is 14.9. The van der Waals surface area contributed by atoms with Gasteiger partial charge in [-0.25, -0.2) is 18.1 Å². The van der Waals surface area contributed by atoms with Crippen LogP contribution in [0.15, 0.2) is 30.5 Å². The van der Waals surface area contributed by atoms with E-state index in [1.807, 2.05) is 17.8 Å². The standard InChI is InChI=1S/C24H30N4O2S/c1-16(20-8-7-19-5-3-4-6-21(19)12-20)25-13-18-11-23-17(2)27-28(24(23)26-14-18)22-9-10-31(29,30)15-22/h7-8,11-12,14,16,22,25H,3-6,9-10,13,15H2,1-2H3. The van der Waals surface area contributed by atoms with Crippen LogP contribution in [0.5, 0.6) is 0 Å². The number of rotatable bonds is 5. The van der Waals surface area contributed by atoms with Crippen LogP contribution in [0.25, 0.3) is 11.0 Å². The third kappa shape index (κ3) is 4.13. The molecule has 1 aromatic carbocycles. The van der Waals surface area contributed by atoms with Crippen molar-refractivity contribution < 1.29 is 8.42 Å². The Labute approximate surface area is 184 Å². The third-order valence-corrected chi connectivity index (χ3v) is 8.58. The first-order valence-electron chi connectivity index (χ1n) is 11.3. The third-order valence-electron chi connectivity index (χ3n) is 6.83. The maximum absolute atomic E-state index is 11.9. The predicted octanol–water partition coefficient (Wildman–Crippen LogP) is 3.83. The maximum Gasteiger partial charge on any atom is 0.158 e. The normalized spacial score (nSPS) is 21.3. The van der Waals surface area contributed by atoms with Crippen LogP contribution in [0.2, 0.25) is 0 Å². The van der Waals surface area contributed by atoms with Gasteiger partial charge in [0.05, 0.1) is 23.2 Å². The molecule has 31 heavy (non-hydrogen) atoms. The lowest BCUT2D eigenvalue weighted by Crippen LogP contribution is -2.19. The number of hydrogen-bond donors (Lipinski definition) is 1. The molecule has 0 saturated carbocycles. The van der Waals surface area contributed by atoms with Crippen molar-refractivity contribution in [2.24, 2.45) is 0 Å². The van der Waals surface area contributed by atoms with E-state index in [1.54, 1.807) is 0 Å². The highest BCUT2D eigenvalue weighted by Gasteiger charge is 2.31. The quantitative estimate of drug-likeness (QED) is 0.655. The number of nitrogens with one attached hydrogen (secondary N) is 1. The van der Waals surface area contributed by atoms with Gasteiger partial charge in [0.2, 0.25) is 0 Å². The number of nitrogens with zero attached hydrogens (tertiary/aromatic N) is 3. The lowest BCUT2D eigenvalue weighted by molar-refractivity contribution is 0.509. The van der Waals surface area contributed by atoms with Crippen molar-refractivity contribution in [1.29, 1.82) is 0 Å². The van der Waals surface area contributed by atoms with Crippen molar-refractivity contribution in [3.05, 3.63) is 58.4 Å². The topological polar surface area (TPSA) is 76.9 Å². The van der Waals surface area contributed by atoms with Gasteiger partial charge in [-0.3, -0.25) is 0 Å². The van der Waals surface area contributed by atoms with Gasteiger partial charge in [-0.2, -0.15) is 5.10 Å². The summed E-state index contributed by atoms with van der Waals surface area (Å²) in [5, 5.41) is 9.27. The number of pyridine rings is 1. The molecule has 0 spiro atoms. The fourth-order valence-corrected chi connectivity index (χ4v) is 6.64. The first kappa shape index (κ1) is 20.6. The van der Waals surface area contributed by atoms with Gasteiger partial charge in [0.1, 0.15) is 0 Å². The van der Waals surface area contributed by atoms with Crippen molar-refractivity contribution in [2.45, 2.75) is 64.6 Å². The molecule has 1 aliphatic heterocycles. The van der Waals surface area contributed by atoms with Gasteiger partial charge in [0.15, 0.2) is 15.5 Å². The Kier molecular flexibility index (Phi) is 5.34. The Morgan fingerprint density at radius 2 is 2.00 bits per heavy atom. The molecule has 0 bridgehead atoms. The van der Waals surface area contributed by atoms with E-state index in [1.165, 1.54) is 42.4 Å². The van der Waals surface area contributed by atoms with Crippen molar-refractivity contribution in [2.75, 3.05) is 11.5 Å². The van der Waals surface area contributed by atoms with Crippen LogP contribution >= 0.6 is 0 Å². The molecule has 0 amide bonds. The number of hydrogen-bond acceptors (Lipinski definition) is 5. The summed E-state index contributed by atoms with van der Waals surface area (Å²) in [6.07, 6.45) is 7.51. The number of sulfone groups is 1. The summed E-state index contributed by atoms with van der Waals surface area (Å²) in [6.45, 7) is 4.90. The fraction of sp³-hybridized carbons (Fsp3) is 0.500. The van der Waals surface area contributed by atoms with Crippen LogP contribution in [-0.4, -0.2) is 34.7 Å². The van der Waals surface area contributed by atoms with E-state index in [4.69, 9.17) is 0 Å². The molecule has 1 N–H and O–H groups in total. The lowest BCUT2D eigenvalue weighted by Gasteiger charge is -2.20. The Morgan fingerprint density at radius 1 is 1.19 bits per heavy atom. The fourth-order valence-electron chi connectivity index (χ4n) is 4.94. The molecular weight excluding hydrogens is 408 g/mol. The van der Waals surface area contributed by atoms with Gasteiger partial charge in [-0.1, -0.05) is 18.2 Å². The second-order valence-electron chi connectivity index (χ2n) is 9.14.